The Kier molecular flexibility index (Phi) is 8.18. The second kappa shape index (κ2) is 9.35. The predicted octanol–water partition coefficient (Wildman–Crippen LogP) is 0.802. The van der Waals surface area contributed by atoms with Gasteiger partial charge in [-0.25, -0.2) is 0 Å². The summed E-state index contributed by atoms with van der Waals surface area (Å²) in [6.07, 6.45) is 2.03. The van der Waals surface area contributed by atoms with Crippen LogP contribution in [0.1, 0.15) is 46.0 Å². The van der Waals surface area contributed by atoms with E-state index in [2.05, 4.69) is 12.2 Å². The van der Waals surface area contributed by atoms with Crippen LogP contribution < -0.4 is 5.32 Å². The fourth-order valence-corrected chi connectivity index (χ4v) is 2.59. The van der Waals surface area contributed by atoms with E-state index in [1.54, 1.807) is 7.11 Å². The number of carbonyl (C=O) groups is 1. The van der Waals surface area contributed by atoms with Crippen molar-refractivity contribution in [1.29, 1.82) is 0 Å². The molecule has 1 heterocycles. The topological polar surface area (TPSA) is 88.0 Å². The van der Waals surface area contributed by atoms with Crippen molar-refractivity contribution in [2.45, 2.75) is 70.5 Å². The van der Waals surface area contributed by atoms with E-state index in [1.807, 2.05) is 6.92 Å². The van der Waals surface area contributed by atoms with Gasteiger partial charge in [0.05, 0.1) is 18.8 Å². The molecule has 6 nitrogen and oxygen atoms in total. The molecule has 6 heteroatoms. The summed E-state index contributed by atoms with van der Waals surface area (Å²) in [6.45, 7) is 4.23. The van der Waals surface area contributed by atoms with E-state index in [1.165, 1.54) is 0 Å². The van der Waals surface area contributed by atoms with Crippen molar-refractivity contribution >= 4 is 5.91 Å². The van der Waals surface area contributed by atoms with Gasteiger partial charge >= 0.3 is 0 Å². The molecule has 0 aromatic heterocycles. The summed E-state index contributed by atoms with van der Waals surface area (Å²) < 4.78 is 10.4. The molecule has 0 aromatic rings. The molecular weight excluding hydrogens is 274 g/mol. The smallest absolute Gasteiger partial charge is 0.220 e. The zero-order valence-corrected chi connectivity index (χ0v) is 13.2. The SMILES string of the molecule is CCCCCCC(=O)NC1[C@H](O)OC(COC)[C@H](C)[C@@H]1O. The Labute approximate surface area is 126 Å². The molecule has 0 bridgehead atoms. The fraction of sp³-hybridized carbons (Fsp3) is 0.933. The summed E-state index contributed by atoms with van der Waals surface area (Å²) in [6, 6.07) is -0.785. The molecule has 1 saturated heterocycles. The number of hydrogen-bond donors (Lipinski definition) is 3. The number of amides is 1. The average Bonchev–Trinajstić information content (AvgIpc) is 2.45. The monoisotopic (exact) mass is 303 g/mol. The third kappa shape index (κ3) is 5.54. The lowest BCUT2D eigenvalue weighted by Crippen LogP contribution is -2.61. The van der Waals surface area contributed by atoms with Crippen LogP contribution in [0.2, 0.25) is 0 Å². The minimum atomic E-state index is -1.21. The normalized spacial score (nSPS) is 32.9. The third-order valence-corrected chi connectivity index (χ3v) is 4.03. The van der Waals surface area contributed by atoms with E-state index in [4.69, 9.17) is 9.47 Å². The number of unbranched alkanes of at least 4 members (excludes halogenated alkanes) is 3. The maximum atomic E-state index is 11.9. The van der Waals surface area contributed by atoms with Crippen LogP contribution in [-0.2, 0) is 14.3 Å². The summed E-state index contributed by atoms with van der Waals surface area (Å²) in [7, 11) is 1.54. The molecular formula is C15H29NO5. The molecule has 0 aromatic carbocycles. The number of hydrogen-bond acceptors (Lipinski definition) is 5. The largest absolute Gasteiger partial charge is 0.390 e. The van der Waals surface area contributed by atoms with Gasteiger partial charge in [0.15, 0.2) is 6.29 Å². The van der Waals surface area contributed by atoms with Gasteiger partial charge in [-0.1, -0.05) is 33.1 Å². The molecule has 0 saturated carbocycles. The van der Waals surface area contributed by atoms with E-state index in [-0.39, 0.29) is 17.9 Å². The third-order valence-electron chi connectivity index (χ3n) is 4.03. The highest BCUT2D eigenvalue weighted by Crippen LogP contribution is 2.25. The molecule has 124 valence electrons. The van der Waals surface area contributed by atoms with Gasteiger partial charge in [0, 0.05) is 19.4 Å². The Balaban J connectivity index is 2.45. The molecule has 3 N–H and O–H groups in total. The van der Waals surface area contributed by atoms with E-state index < -0.39 is 18.4 Å². The van der Waals surface area contributed by atoms with Crippen molar-refractivity contribution in [1.82, 2.24) is 5.32 Å². The lowest BCUT2D eigenvalue weighted by Gasteiger charge is -2.41. The maximum absolute atomic E-state index is 11.9. The minimum Gasteiger partial charge on any atom is -0.390 e. The Bertz CT molecular complexity index is 312. The number of nitrogens with one attached hydrogen (secondary N) is 1. The molecule has 1 fully saturated rings. The number of aliphatic hydroxyl groups excluding tert-OH is 2. The highest BCUT2D eigenvalue weighted by molar-refractivity contribution is 5.76. The highest BCUT2D eigenvalue weighted by Gasteiger charge is 2.42. The quantitative estimate of drug-likeness (QED) is 0.577. The van der Waals surface area contributed by atoms with Crippen LogP contribution in [0.15, 0.2) is 0 Å². The first-order valence-corrected chi connectivity index (χ1v) is 7.81. The summed E-state index contributed by atoms with van der Waals surface area (Å²) in [4.78, 5) is 11.9. The Morgan fingerprint density at radius 3 is 2.62 bits per heavy atom. The number of methoxy groups -OCH3 is 1. The molecule has 1 rings (SSSR count). The standard InChI is InChI=1S/C15H29NO5/c1-4-5-6-7-8-12(17)16-13-14(18)10(2)11(9-20-3)21-15(13)19/h10-11,13-15,18-19H,4-9H2,1-3H3,(H,16,17)/t10-,11?,13?,14-,15+/m0/s1. The van der Waals surface area contributed by atoms with Crippen molar-refractivity contribution in [3.8, 4) is 0 Å². The lowest BCUT2D eigenvalue weighted by atomic mass is 9.89. The number of rotatable bonds is 8. The Hall–Kier alpha value is -0.690. The zero-order chi connectivity index (χ0) is 15.8. The highest BCUT2D eigenvalue weighted by atomic mass is 16.6. The van der Waals surface area contributed by atoms with Crippen LogP contribution in [0.4, 0.5) is 0 Å². The van der Waals surface area contributed by atoms with E-state index in [9.17, 15) is 15.0 Å². The zero-order valence-electron chi connectivity index (χ0n) is 13.2. The van der Waals surface area contributed by atoms with Crippen molar-refractivity contribution < 1.29 is 24.5 Å². The summed E-state index contributed by atoms with van der Waals surface area (Å²) in [5.41, 5.74) is 0. The first-order valence-electron chi connectivity index (χ1n) is 7.81. The molecule has 1 aliphatic heterocycles. The first kappa shape index (κ1) is 18.4. The average molecular weight is 303 g/mol. The van der Waals surface area contributed by atoms with Gasteiger partial charge in [0.25, 0.3) is 0 Å². The van der Waals surface area contributed by atoms with Crippen LogP contribution in [0.3, 0.4) is 0 Å². The lowest BCUT2D eigenvalue weighted by molar-refractivity contribution is -0.237. The minimum absolute atomic E-state index is 0.157. The molecule has 21 heavy (non-hydrogen) atoms. The van der Waals surface area contributed by atoms with E-state index >= 15 is 0 Å². The van der Waals surface area contributed by atoms with Crippen LogP contribution in [0.5, 0.6) is 0 Å². The second-order valence-corrected chi connectivity index (χ2v) is 5.77. The van der Waals surface area contributed by atoms with Crippen LogP contribution in [-0.4, -0.2) is 54.4 Å². The number of ether oxygens (including phenoxy) is 2. The van der Waals surface area contributed by atoms with Gasteiger partial charge in [-0.2, -0.15) is 0 Å². The van der Waals surface area contributed by atoms with Crippen molar-refractivity contribution in [3.05, 3.63) is 0 Å². The van der Waals surface area contributed by atoms with Gasteiger partial charge in [0.1, 0.15) is 6.04 Å². The van der Waals surface area contributed by atoms with Gasteiger partial charge in [-0.15, -0.1) is 0 Å². The predicted molar refractivity (Wildman–Crippen MR) is 78.6 cm³/mol. The van der Waals surface area contributed by atoms with Crippen LogP contribution >= 0.6 is 0 Å². The van der Waals surface area contributed by atoms with Gasteiger partial charge in [0.2, 0.25) is 5.91 Å². The molecule has 0 spiro atoms. The number of aliphatic hydroxyl groups is 2. The van der Waals surface area contributed by atoms with Gasteiger partial charge in [-0.3, -0.25) is 4.79 Å². The molecule has 5 atom stereocenters. The molecule has 0 aliphatic carbocycles. The van der Waals surface area contributed by atoms with Crippen molar-refractivity contribution in [3.63, 3.8) is 0 Å². The second-order valence-electron chi connectivity index (χ2n) is 5.77. The molecule has 0 radical (unpaired) electrons. The van der Waals surface area contributed by atoms with Crippen molar-refractivity contribution in [2.24, 2.45) is 5.92 Å². The summed E-state index contributed by atoms with van der Waals surface area (Å²) in [5, 5.41) is 22.9. The summed E-state index contributed by atoms with van der Waals surface area (Å²) in [5.74, 6) is -0.381. The first-order chi connectivity index (χ1) is 10.0. The molecule has 1 amide bonds. The van der Waals surface area contributed by atoms with Gasteiger partial charge in [-0.05, 0) is 6.42 Å². The molecule has 1 aliphatic rings. The van der Waals surface area contributed by atoms with E-state index in [0.717, 1.165) is 25.7 Å². The summed E-state index contributed by atoms with van der Waals surface area (Å²) >= 11 is 0. The van der Waals surface area contributed by atoms with Crippen LogP contribution in [0, 0.1) is 5.92 Å². The van der Waals surface area contributed by atoms with Crippen LogP contribution in [0.25, 0.3) is 0 Å². The van der Waals surface area contributed by atoms with Crippen molar-refractivity contribution in [2.75, 3.05) is 13.7 Å². The number of carbonyl (C=O) groups excluding carboxylic acids is 1. The van der Waals surface area contributed by atoms with Gasteiger partial charge < -0.3 is 25.0 Å². The molecule has 2 unspecified atom stereocenters. The Morgan fingerprint density at radius 1 is 1.29 bits per heavy atom. The van der Waals surface area contributed by atoms with E-state index in [0.29, 0.717) is 13.0 Å². The fourth-order valence-electron chi connectivity index (χ4n) is 2.59. The maximum Gasteiger partial charge on any atom is 0.220 e. The Morgan fingerprint density at radius 2 is 2.00 bits per heavy atom.